The van der Waals surface area contributed by atoms with E-state index in [1.807, 2.05) is 24.3 Å². The first-order valence-electron chi connectivity index (χ1n) is 9.02. The molecule has 0 fully saturated rings. The number of halogens is 3. The van der Waals surface area contributed by atoms with Crippen LogP contribution in [0.2, 0.25) is 0 Å². The second-order valence-electron chi connectivity index (χ2n) is 6.46. The Kier molecular flexibility index (Phi) is 5.99. The number of benzene rings is 1. The van der Waals surface area contributed by atoms with Crippen LogP contribution in [0.4, 0.5) is 18.9 Å². The van der Waals surface area contributed by atoms with Gasteiger partial charge in [0.15, 0.2) is 0 Å². The van der Waals surface area contributed by atoms with Crippen LogP contribution < -0.4 is 5.32 Å². The van der Waals surface area contributed by atoms with Gasteiger partial charge < -0.3 is 10.2 Å². The lowest BCUT2D eigenvalue weighted by atomic mass is 10.0. The van der Waals surface area contributed by atoms with Crippen molar-refractivity contribution in [2.24, 2.45) is 4.99 Å². The standard InChI is InChI=1S/C21H22F3N3/c1-2-27-13-4-5-16(12-14-27)17-8-10-19(11-9-17)26-20-7-3-6-18(15-25-20)21(22,23)24/h5-11,15H,2,4,12-14H2,1H3,(H,25,26). The van der Waals surface area contributed by atoms with E-state index >= 15 is 0 Å². The summed E-state index contributed by atoms with van der Waals surface area (Å²) in [6.07, 6.45) is 3.03. The fourth-order valence-electron chi connectivity index (χ4n) is 3.06. The first-order valence-corrected chi connectivity index (χ1v) is 9.02. The van der Waals surface area contributed by atoms with Gasteiger partial charge in [-0.2, -0.15) is 13.2 Å². The van der Waals surface area contributed by atoms with Gasteiger partial charge in [0.1, 0.15) is 5.84 Å². The number of anilines is 1. The molecular formula is C21H22F3N3. The fraction of sp³-hybridized carbons (Fsp3) is 0.333. The maximum Gasteiger partial charge on any atom is 0.418 e. The summed E-state index contributed by atoms with van der Waals surface area (Å²) in [6, 6.07) is 7.89. The van der Waals surface area contributed by atoms with Crippen molar-refractivity contribution in [3.8, 4) is 0 Å². The summed E-state index contributed by atoms with van der Waals surface area (Å²) < 4.78 is 38.2. The number of alkyl halides is 3. The molecular weight excluding hydrogens is 351 g/mol. The van der Waals surface area contributed by atoms with Crippen molar-refractivity contribution < 1.29 is 13.2 Å². The average molecular weight is 373 g/mol. The Hall–Kier alpha value is -2.56. The highest BCUT2D eigenvalue weighted by Gasteiger charge is 2.32. The number of aliphatic imine (C=N–C) groups is 1. The Labute approximate surface area is 157 Å². The van der Waals surface area contributed by atoms with E-state index < -0.39 is 11.7 Å². The fourth-order valence-corrected chi connectivity index (χ4v) is 3.06. The summed E-state index contributed by atoms with van der Waals surface area (Å²) >= 11 is 0. The third kappa shape index (κ3) is 5.22. The van der Waals surface area contributed by atoms with Crippen LogP contribution in [0.3, 0.4) is 0 Å². The van der Waals surface area contributed by atoms with Gasteiger partial charge >= 0.3 is 6.18 Å². The van der Waals surface area contributed by atoms with E-state index in [1.54, 1.807) is 0 Å². The molecule has 142 valence electrons. The summed E-state index contributed by atoms with van der Waals surface area (Å²) in [6.45, 7) is 5.40. The smallest absolute Gasteiger partial charge is 0.340 e. The lowest BCUT2D eigenvalue weighted by molar-refractivity contribution is -0.0883. The van der Waals surface area contributed by atoms with Gasteiger partial charge in [-0.3, -0.25) is 0 Å². The van der Waals surface area contributed by atoms with Gasteiger partial charge in [-0.1, -0.05) is 25.1 Å². The molecule has 0 aliphatic carbocycles. The lowest BCUT2D eigenvalue weighted by Crippen LogP contribution is -2.24. The van der Waals surface area contributed by atoms with Crippen molar-refractivity contribution in [3.63, 3.8) is 0 Å². The third-order valence-corrected chi connectivity index (χ3v) is 4.64. The van der Waals surface area contributed by atoms with Crippen LogP contribution in [-0.4, -0.2) is 36.5 Å². The summed E-state index contributed by atoms with van der Waals surface area (Å²) in [5.41, 5.74) is 4.96. The molecule has 3 rings (SSSR count). The third-order valence-electron chi connectivity index (χ3n) is 4.64. The molecule has 0 unspecified atom stereocenters. The Morgan fingerprint density at radius 1 is 1.15 bits per heavy atom. The molecule has 2 aliphatic heterocycles. The highest BCUT2D eigenvalue weighted by atomic mass is 19.4. The normalized spacial score (nSPS) is 18.3. The summed E-state index contributed by atoms with van der Waals surface area (Å²) in [4.78, 5) is 6.30. The molecule has 0 spiro atoms. The van der Waals surface area contributed by atoms with Gasteiger partial charge in [0.25, 0.3) is 0 Å². The number of hydrogen-bond donors (Lipinski definition) is 1. The zero-order valence-electron chi connectivity index (χ0n) is 15.2. The lowest BCUT2D eigenvalue weighted by Gasteiger charge is -2.17. The van der Waals surface area contributed by atoms with E-state index in [0.717, 1.165) is 50.4 Å². The van der Waals surface area contributed by atoms with E-state index in [2.05, 4.69) is 33.9 Å². The molecule has 0 atom stereocenters. The topological polar surface area (TPSA) is 27.6 Å². The minimum absolute atomic E-state index is 0.311. The van der Waals surface area contributed by atoms with Crippen LogP contribution in [0, 0.1) is 0 Å². The van der Waals surface area contributed by atoms with Crippen LogP contribution in [0.5, 0.6) is 0 Å². The average Bonchev–Trinajstić information content (AvgIpc) is 3.02. The van der Waals surface area contributed by atoms with E-state index in [1.165, 1.54) is 17.2 Å². The first kappa shape index (κ1) is 19.2. The van der Waals surface area contributed by atoms with Gasteiger partial charge in [-0.05, 0) is 48.7 Å². The zero-order chi connectivity index (χ0) is 19.3. The van der Waals surface area contributed by atoms with Gasteiger partial charge in [0, 0.05) is 31.1 Å². The Morgan fingerprint density at radius 3 is 2.63 bits per heavy atom. The highest BCUT2D eigenvalue weighted by molar-refractivity contribution is 6.04. The van der Waals surface area contributed by atoms with E-state index in [4.69, 9.17) is 0 Å². The van der Waals surface area contributed by atoms with Crippen molar-refractivity contribution >= 4 is 17.1 Å². The summed E-state index contributed by atoms with van der Waals surface area (Å²) in [5.74, 6) is 0.311. The zero-order valence-corrected chi connectivity index (χ0v) is 15.2. The van der Waals surface area contributed by atoms with E-state index in [9.17, 15) is 13.2 Å². The van der Waals surface area contributed by atoms with Crippen LogP contribution >= 0.6 is 0 Å². The maximum absolute atomic E-state index is 12.7. The predicted molar refractivity (Wildman–Crippen MR) is 104 cm³/mol. The molecule has 1 aromatic carbocycles. The molecule has 0 radical (unpaired) electrons. The van der Waals surface area contributed by atoms with Crippen molar-refractivity contribution in [2.75, 3.05) is 25.0 Å². The molecule has 3 nitrogen and oxygen atoms in total. The second kappa shape index (κ2) is 8.42. The molecule has 0 saturated heterocycles. The Bertz CT molecular complexity index is 823. The number of amidine groups is 1. The molecule has 0 amide bonds. The summed E-state index contributed by atoms with van der Waals surface area (Å²) in [7, 11) is 0. The summed E-state index contributed by atoms with van der Waals surface area (Å²) in [5, 5.41) is 3.02. The van der Waals surface area contributed by atoms with Crippen LogP contribution in [0.25, 0.3) is 5.57 Å². The second-order valence-corrected chi connectivity index (χ2v) is 6.46. The van der Waals surface area contributed by atoms with Gasteiger partial charge in [0.05, 0.1) is 5.57 Å². The van der Waals surface area contributed by atoms with Gasteiger partial charge in [0.2, 0.25) is 0 Å². The molecule has 6 heteroatoms. The number of hydrogen-bond acceptors (Lipinski definition) is 3. The molecule has 0 bridgehead atoms. The highest BCUT2D eigenvalue weighted by Crippen LogP contribution is 2.27. The largest absolute Gasteiger partial charge is 0.418 e. The van der Waals surface area contributed by atoms with Gasteiger partial charge in [-0.25, -0.2) is 4.99 Å². The molecule has 0 saturated carbocycles. The van der Waals surface area contributed by atoms with Crippen LogP contribution in [0.1, 0.15) is 25.3 Å². The Morgan fingerprint density at radius 2 is 1.93 bits per heavy atom. The van der Waals surface area contributed by atoms with E-state index in [-0.39, 0.29) is 0 Å². The number of nitrogens with zero attached hydrogens (tertiary/aromatic N) is 2. The molecule has 0 aromatic heterocycles. The van der Waals surface area contributed by atoms with Crippen LogP contribution in [-0.2, 0) is 0 Å². The van der Waals surface area contributed by atoms with E-state index in [0.29, 0.717) is 5.84 Å². The molecule has 2 aliphatic rings. The van der Waals surface area contributed by atoms with Crippen molar-refractivity contribution in [2.45, 2.75) is 25.9 Å². The Balaban J connectivity index is 1.68. The van der Waals surface area contributed by atoms with Crippen molar-refractivity contribution in [1.29, 1.82) is 0 Å². The van der Waals surface area contributed by atoms with Crippen molar-refractivity contribution in [3.05, 3.63) is 65.6 Å². The quantitative estimate of drug-likeness (QED) is 0.741. The minimum atomic E-state index is -4.43. The molecule has 2 heterocycles. The van der Waals surface area contributed by atoms with Gasteiger partial charge in [-0.15, -0.1) is 5.73 Å². The monoisotopic (exact) mass is 373 g/mol. The molecule has 1 N–H and O–H groups in total. The van der Waals surface area contributed by atoms with Crippen molar-refractivity contribution in [1.82, 2.24) is 4.90 Å². The maximum atomic E-state index is 12.7. The first-order chi connectivity index (χ1) is 13.0. The predicted octanol–water partition coefficient (Wildman–Crippen LogP) is 5.17. The minimum Gasteiger partial charge on any atom is -0.340 e. The molecule has 1 aromatic rings. The SMILES string of the molecule is CCN1CCC=C(c2ccc(NC3=NC=C(C(F)(F)F)C=C=C3)cc2)CC1. The number of rotatable bonds is 3. The van der Waals surface area contributed by atoms with Crippen LogP contribution in [0.15, 0.2) is 65.0 Å². The number of allylic oxidation sites excluding steroid dienone is 1. The number of nitrogens with one attached hydrogen (secondary N) is 1. The molecule has 27 heavy (non-hydrogen) atoms.